The monoisotopic (exact) mass is 111 g/mol. The Balaban J connectivity index is 2.75. The molecule has 0 amide bonds. The molecule has 1 aliphatic rings. The summed E-state index contributed by atoms with van der Waals surface area (Å²) in [5.74, 6) is 0.247. The molecule has 0 fully saturated rings. The van der Waals surface area contributed by atoms with E-state index in [1.54, 1.807) is 4.90 Å². The zero-order chi connectivity index (χ0) is 5.98. The van der Waals surface area contributed by atoms with Crippen molar-refractivity contribution in [2.24, 2.45) is 0 Å². The highest BCUT2D eigenvalue weighted by atomic mass is 16.3. The maximum Gasteiger partial charge on any atom is 0.232 e. The van der Waals surface area contributed by atoms with Gasteiger partial charge in [0.05, 0.1) is 0 Å². The first kappa shape index (κ1) is 5.26. The maximum atomic E-state index is 8.88. The van der Waals surface area contributed by atoms with Gasteiger partial charge in [0.15, 0.2) is 0 Å². The van der Waals surface area contributed by atoms with Crippen LogP contribution in [0.25, 0.3) is 0 Å². The Morgan fingerprint density at radius 2 is 2.62 bits per heavy atom. The van der Waals surface area contributed by atoms with Crippen LogP contribution < -0.4 is 0 Å². The normalized spacial score (nSPS) is 18.6. The topological polar surface area (TPSA) is 23.5 Å². The fourth-order valence-electron chi connectivity index (χ4n) is 0.638. The van der Waals surface area contributed by atoms with Gasteiger partial charge in [-0.25, -0.2) is 0 Å². The predicted octanol–water partition coefficient (Wildman–Crippen LogP) is 0.876. The Kier molecular flexibility index (Phi) is 1.27. The highest BCUT2D eigenvalue weighted by Crippen LogP contribution is 2.01. The van der Waals surface area contributed by atoms with Gasteiger partial charge in [-0.15, -0.1) is 0 Å². The highest BCUT2D eigenvalue weighted by Gasteiger charge is 2.01. The van der Waals surface area contributed by atoms with Crippen molar-refractivity contribution in [1.82, 2.24) is 4.90 Å². The molecule has 0 aromatic rings. The molecule has 0 unspecified atom stereocenters. The molecule has 1 rings (SSSR count). The Hall–Kier alpha value is -0.880. The van der Waals surface area contributed by atoms with Gasteiger partial charge in [0.2, 0.25) is 5.88 Å². The molecule has 1 N–H and O–H groups in total. The second-order valence-electron chi connectivity index (χ2n) is 1.88. The van der Waals surface area contributed by atoms with Gasteiger partial charge in [-0.05, 0) is 12.5 Å². The van der Waals surface area contributed by atoms with E-state index in [1.807, 2.05) is 13.1 Å². The van der Waals surface area contributed by atoms with Crippen LogP contribution in [0.15, 0.2) is 17.7 Å². The van der Waals surface area contributed by atoms with Crippen LogP contribution in [0, 0.1) is 0 Å². The molecule has 8 heavy (non-hydrogen) atoms. The first-order valence-corrected chi connectivity index (χ1v) is 2.66. The lowest BCUT2D eigenvalue weighted by atomic mass is 10.3. The number of rotatable bonds is 0. The third-order valence-corrected chi connectivity index (χ3v) is 1.20. The van der Waals surface area contributed by atoms with Crippen molar-refractivity contribution in [1.29, 1.82) is 0 Å². The fraction of sp³-hybridized carbons (Fsp3) is 0.500. The third kappa shape index (κ3) is 0.849. The van der Waals surface area contributed by atoms with Gasteiger partial charge in [-0.2, -0.15) is 0 Å². The van der Waals surface area contributed by atoms with Crippen LogP contribution in [0.3, 0.4) is 0 Å². The Morgan fingerprint density at radius 1 is 1.88 bits per heavy atom. The second kappa shape index (κ2) is 1.93. The molecule has 0 bridgehead atoms. The standard InChI is InChI=1S/C6H9NO/c1-7-5-3-2-4-6(7)8/h2,8H,3,5H2,1H3. The van der Waals surface area contributed by atoms with E-state index in [0.29, 0.717) is 0 Å². The summed E-state index contributed by atoms with van der Waals surface area (Å²) in [7, 11) is 1.84. The number of hydrogen-bond donors (Lipinski definition) is 1. The van der Waals surface area contributed by atoms with E-state index in [9.17, 15) is 0 Å². The maximum absolute atomic E-state index is 8.88. The van der Waals surface area contributed by atoms with Crippen LogP contribution in [0.4, 0.5) is 0 Å². The lowest BCUT2D eigenvalue weighted by Gasteiger charge is -2.16. The number of aliphatic hydroxyl groups excluding tert-OH is 1. The molecule has 0 aromatic heterocycles. The van der Waals surface area contributed by atoms with Crippen LogP contribution >= 0.6 is 0 Å². The van der Waals surface area contributed by atoms with E-state index >= 15 is 0 Å². The molecular formula is C6H9NO. The van der Waals surface area contributed by atoms with Crippen molar-refractivity contribution in [3.63, 3.8) is 0 Å². The third-order valence-electron chi connectivity index (χ3n) is 1.20. The van der Waals surface area contributed by atoms with Crippen LogP contribution in [0.1, 0.15) is 6.42 Å². The van der Waals surface area contributed by atoms with Gasteiger partial charge < -0.3 is 10.0 Å². The van der Waals surface area contributed by atoms with Crippen molar-refractivity contribution < 1.29 is 5.11 Å². The van der Waals surface area contributed by atoms with Crippen LogP contribution in [0.2, 0.25) is 0 Å². The van der Waals surface area contributed by atoms with Gasteiger partial charge in [0, 0.05) is 13.6 Å². The largest absolute Gasteiger partial charge is 0.489 e. The summed E-state index contributed by atoms with van der Waals surface area (Å²) in [6, 6.07) is 0. The molecule has 2 nitrogen and oxygen atoms in total. The summed E-state index contributed by atoms with van der Waals surface area (Å²) in [6.07, 6.45) is 2.83. The summed E-state index contributed by atoms with van der Waals surface area (Å²) < 4.78 is 0. The molecule has 0 saturated carbocycles. The Morgan fingerprint density at radius 3 is 3.00 bits per heavy atom. The summed E-state index contributed by atoms with van der Waals surface area (Å²) in [4.78, 5) is 1.76. The van der Waals surface area contributed by atoms with Gasteiger partial charge in [0.1, 0.15) is 0 Å². The molecule has 1 aliphatic heterocycles. The zero-order valence-corrected chi connectivity index (χ0v) is 4.89. The van der Waals surface area contributed by atoms with Crippen LogP contribution in [-0.2, 0) is 0 Å². The Labute approximate surface area is 48.7 Å². The Bertz CT molecular complexity index is 145. The molecule has 44 valence electrons. The minimum Gasteiger partial charge on any atom is -0.489 e. The van der Waals surface area contributed by atoms with Gasteiger partial charge in [0.25, 0.3) is 0 Å². The number of hydrogen-bond acceptors (Lipinski definition) is 2. The molecule has 2 heteroatoms. The van der Waals surface area contributed by atoms with Crippen molar-refractivity contribution >= 4 is 0 Å². The molecule has 0 aliphatic carbocycles. The molecule has 0 saturated heterocycles. The van der Waals surface area contributed by atoms with Crippen LogP contribution in [0.5, 0.6) is 0 Å². The van der Waals surface area contributed by atoms with E-state index in [-0.39, 0.29) is 5.88 Å². The zero-order valence-electron chi connectivity index (χ0n) is 4.89. The predicted molar refractivity (Wildman–Crippen MR) is 31.5 cm³/mol. The molecule has 1 heterocycles. The SMILES string of the molecule is CN1CCC=C=C1O. The molecule has 0 aromatic carbocycles. The van der Waals surface area contributed by atoms with Crippen LogP contribution in [-0.4, -0.2) is 23.6 Å². The first-order valence-electron chi connectivity index (χ1n) is 2.66. The van der Waals surface area contributed by atoms with E-state index in [2.05, 4.69) is 5.73 Å². The van der Waals surface area contributed by atoms with E-state index in [0.717, 1.165) is 13.0 Å². The van der Waals surface area contributed by atoms with Crippen molar-refractivity contribution in [3.8, 4) is 0 Å². The van der Waals surface area contributed by atoms with Crippen molar-refractivity contribution in [3.05, 3.63) is 17.7 Å². The average Bonchev–Trinajstić information content (AvgIpc) is 1.77. The lowest BCUT2D eigenvalue weighted by Crippen LogP contribution is -2.19. The smallest absolute Gasteiger partial charge is 0.232 e. The highest BCUT2D eigenvalue weighted by molar-refractivity contribution is 4.95. The first-order chi connectivity index (χ1) is 3.80. The van der Waals surface area contributed by atoms with Gasteiger partial charge >= 0.3 is 0 Å². The fourth-order valence-corrected chi connectivity index (χ4v) is 0.638. The number of nitrogens with zero attached hydrogens (tertiary/aromatic N) is 1. The minimum atomic E-state index is 0.247. The van der Waals surface area contributed by atoms with E-state index in [4.69, 9.17) is 5.11 Å². The lowest BCUT2D eigenvalue weighted by molar-refractivity contribution is 0.232. The second-order valence-corrected chi connectivity index (χ2v) is 1.88. The summed E-state index contributed by atoms with van der Waals surface area (Å²) in [5.41, 5.74) is 2.70. The van der Waals surface area contributed by atoms with E-state index in [1.165, 1.54) is 0 Å². The molecular weight excluding hydrogens is 102 g/mol. The van der Waals surface area contributed by atoms with Gasteiger partial charge in [-0.3, -0.25) is 0 Å². The van der Waals surface area contributed by atoms with Crippen molar-refractivity contribution in [2.45, 2.75) is 6.42 Å². The quantitative estimate of drug-likeness (QED) is 0.469. The molecule has 0 atom stereocenters. The average molecular weight is 111 g/mol. The summed E-state index contributed by atoms with van der Waals surface area (Å²) in [6.45, 7) is 0.902. The molecule has 0 radical (unpaired) electrons. The van der Waals surface area contributed by atoms with Gasteiger partial charge in [-0.1, -0.05) is 5.73 Å². The summed E-state index contributed by atoms with van der Waals surface area (Å²) in [5, 5.41) is 8.88. The summed E-state index contributed by atoms with van der Waals surface area (Å²) >= 11 is 0. The molecule has 0 spiro atoms. The van der Waals surface area contributed by atoms with E-state index < -0.39 is 0 Å². The minimum absolute atomic E-state index is 0.247. The number of aliphatic hydroxyl groups is 1. The van der Waals surface area contributed by atoms with Crippen molar-refractivity contribution in [2.75, 3.05) is 13.6 Å².